The molecule has 152 valence electrons. The highest BCUT2D eigenvalue weighted by Gasteiger charge is 2.12. The van der Waals surface area contributed by atoms with Crippen LogP contribution in [0, 0.1) is 11.3 Å². The molecule has 0 aliphatic heterocycles. The van der Waals surface area contributed by atoms with E-state index in [0.717, 1.165) is 16.3 Å². The maximum Gasteiger partial charge on any atom is 0.319 e. The molecule has 0 aliphatic carbocycles. The molecular weight excluding hydrogens is 386 g/mol. The van der Waals surface area contributed by atoms with Crippen molar-refractivity contribution in [1.29, 1.82) is 5.26 Å². The van der Waals surface area contributed by atoms with E-state index >= 15 is 0 Å². The van der Waals surface area contributed by atoms with Crippen LogP contribution in [0.2, 0.25) is 0 Å². The van der Waals surface area contributed by atoms with E-state index in [2.05, 4.69) is 34.9 Å². The minimum atomic E-state index is -0.277. The van der Waals surface area contributed by atoms with Crippen LogP contribution < -0.4 is 15.4 Å². The molecule has 0 unspecified atom stereocenters. The molecule has 0 bridgehead atoms. The average Bonchev–Trinajstić information content (AvgIpc) is 2.80. The summed E-state index contributed by atoms with van der Waals surface area (Å²) in [6.07, 6.45) is 0. The van der Waals surface area contributed by atoms with Crippen molar-refractivity contribution in [2.45, 2.75) is 13.0 Å². The van der Waals surface area contributed by atoms with Crippen molar-refractivity contribution in [1.82, 2.24) is 5.32 Å². The van der Waals surface area contributed by atoms with E-state index < -0.39 is 0 Å². The van der Waals surface area contributed by atoms with Gasteiger partial charge in [-0.15, -0.1) is 0 Å². The van der Waals surface area contributed by atoms with Crippen molar-refractivity contribution in [3.8, 4) is 17.6 Å². The smallest absolute Gasteiger partial charge is 0.319 e. The monoisotopic (exact) mass is 407 g/mol. The molecule has 5 heteroatoms. The van der Waals surface area contributed by atoms with Crippen LogP contribution in [-0.2, 0) is 0 Å². The number of nitrogens with zero attached hydrogens (tertiary/aromatic N) is 1. The number of nitriles is 1. The van der Waals surface area contributed by atoms with E-state index in [4.69, 9.17) is 10.00 Å². The van der Waals surface area contributed by atoms with Crippen molar-refractivity contribution in [3.63, 3.8) is 0 Å². The second-order valence-corrected chi connectivity index (χ2v) is 7.15. The van der Waals surface area contributed by atoms with Crippen LogP contribution in [0.15, 0.2) is 91.0 Å². The molecule has 2 amide bonds. The standard InChI is InChI=1S/C26H21N3O2/c1-18(24-8-4-6-20-5-2-3-7-25(20)24)28-26(30)29-21-11-15-23(16-12-21)31-22-13-9-19(17-27)10-14-22/h2-16,18H,1H3,(H2,28,29,30)/t18-/m1/s1. The van der Waals surface area contributed by atoms with E-state index in [1.807, 2.05) is 31.2 Å². The fraction of sp³-hybridized carbons (Fsp3) is 0.0769. The molecule has 4 aromatic rings. The topological polar surface area (TPSA) is 74.2 Å². The lowest BCUT2D eigenvalue weighted by Gasteiger charge is -2.17. The Bertz CT molecular complexity index is 1240. The number of carbonyl (C=O) groups excluding carboxylic acids is 1. The summed E-state index contributed by atoms with van der Waals surface area (Å²) < 4.78 is 5.76. The molecule has 4 rings (SSSR count). The Kier molecular flexibility index (Phi) is 5.82. The number of nitrogens with one attached hydrogen (secondary N) is 2. The normalized spacial score (nSPS) is 11.4. The predicted molar refractivity (Wildman–Crippen MR) is 122 cm³/mol. The van der Waals surface area contributed by atoms with Crippen LogP contribution in [-0.4, -0.2) is 6.03 Å². The Hall–Kier alpha value is -4.30. The Morgan fingerprint density at radius 1 is 0.871 bits per heavy atom. The molecule has 1 atom stereocenters. The third kappa shape index (κ3) is 4.82. The van der Waals surface area contributed by atoms with Gasteiger partial charge in [-0.05, 0) is 71.8 Å². The van der Waals surface area contributed by atoms with Gasteiger partial charge in [-0.3, -0.25) is 0 Å². The van der Waals surface area contributed by atoms with Gasteiger partial charge in [-0.2, -0.15) is 5.26 Å². The summed E-state index contributed by atoms with van der Waals surface area (Å²) in [4.78, 5) is 12.5. The number of carbonyl (C=O) groups is 1. The van der Waals surface area contributed by atoms with E-state index in [9.17, 15) is 4.79 Å². The van der Waals surface area contributed by atoms with Crippen molar-refractivity contribution >= 4 is 22.5 Å². The van der Waals surface area contributed by atoms with Gasteiger partial charge >= 0.3 is 6.03 Å². The summed E-state index contributed by atoms with van der Waals surface area (Å²) in [6.45, 7) is 1.97. The van der Waals surface area contributed by atoms with Crippen LogP contribution in [0.25, 0.3) is 10.8 Å². The average molecular weight is 407 g/mol. The molecule has 4 aromatic carbocycles. The van der Waals surface area contributed by atoms with Crippen LogP contribution in [0.5, 0.6) is 11.5 Å². The quantitative estimate of drug-likeness (QED) is 0.403. The minimum absolute atomic E-state index is 0.148. The molecule has 2 N–H and O–H groups in total. The lowest BCUT2D eigenvalue weighted by Crippen LogP contribution is -2.31. The second-order valence-electron chi connectivity index (χ2n) is 7.15. The van der Waals surface area contributed by atoms with Gasteiger partial charge < -0.3 is 15.4 Å². The maximum absolute atomic E-state index is 12.5. The number of anilines is 1. The number of hydrogen-bond donors (Lipinski definition) is 2. The highest BCUT2D eigenvalue weighted by atomic mass is 16.5. The third-order valence-corrected chi connectivity index (χ3v) is 4.97. The Labute approximate surface area is 180 Å². The van der Waals surface area contributed by atoms with Crippen LogP contribution in [0.1, 0.15) is 24.1 Å². The first kappa shape index (κ1) is 20.0. The second kappa shape index (κ2) is 9.02. The summed E-state index contributed by atoms with van der Waals surface area (Å²) in [5, 5.41) is 17.0. The zero-order chi connectivity index (χ0) is 21.6. The van der Waals surface area contributed by atoms with Gasteiger partial charge in [0.2, 0.25) is 0 Å². The Morgan fingerprint density at radius 2 is 1.52 bits per heavy atom. The fourth-order valence-corrected chi connectivity index (χ4v) is 3.41. The maximum atomic E-state index is 12.5. The molecular formula is C26H21N3O2. The van der Waals surface area contributed by atoms with Crippen molar-refractivity contribution in [3.05, 3.63) is 102 Å². The molecule has 0 aliphatic rings. The number of urea groups is 1. The van der Waals surface area contributed by atoms with Crippen LogP contribution >= 0.6 is 0 Å². The van der Waals surface area contributed by atoms with Gasteiger partial charge in [0.1, 0.15) is 11.5 Å². The van der Waals surface area contributed by atoms with E-state index in [0.29, 0.717) is 22.7 Å². The first-order valence-electron chi connectivity index (χ1n) is 9.95. The Balaban J connectivity index is 1.37. The zero-order valence-corrected chi connectivity index (χ0v) is 17.0. The summed E-state index contributed by atoms with van der Waals surface area (Å²) in [5.74, 6) is 1.28. The van der Waals surface area contributed by atoms with Gasteiger partial charge in [0, 0.05) is 5.69 Å². The molecule has 0 fully saturated rings. The SMILES string of the molecule is C[C@@H](NC(=O)Nc1ccc(Oc2ccc(C#N)cc2)cc1)c1cccc2ccccc12. The van der Waals surface area contributed by atoms with Crippen molar-refractivity contribution < 1.29 is 9.53 Å². The molecule has 31 heavy (non-hydrogen) atoms. The number of hydrogen-bond acceptors (Lipinski definition) is 3. The third-order valence-electron chi connectivity index (χ3n) is 4.97. The highest BCUT2D eigenvalue weighted by Crippen LogP contribution is 2.25. The van der Waals surface area contributed by atoms with Gasteiger partial charge in [-0.25, -0.2) is 4.79 Å². The van der Waals surface area contributed by atoms with E-state index in [1.165, 1.54) is 0 Å². The van der Waals surface area contributed by atoms with Crippen molar-refractivity contribution in [2.24, 2.45) is 0 Å². The number of ether oxygens (including phenoxy) is 1. The molecule has 0 saturated carbocycles. The summed E-state index contributed by atoms with van der Waals surface area (Å²) >= 11 is 0. The summed E-state index contributed by atoms with van der Waals surface area (Å²) in [7, 11) is 0. The first-order valence-corrected chi connectivity index (χ1v) is 9.95. The Morgan fingerprint density at radius 3 is 2.23 bits per heavy atom. The first-order chi connectivity index (χ1) is 15.1. The van der Waals surface area contributed by atoms with Gasteiger partial charge in [0.05, 0.1) is 17.7 Å². The summed E-state index contributed by atoms with van der Waals surface area (Å²) in [6, 6.07) is 29.9. The molecule has 0 spiro atoms. The molecule has 5 nitrogen and oxygen atoms in total. The van der Waals surface area contributed by atoms with E-state index in [1.54, 1.807) is 48.5 Å². The molecule has 0 saturated heterocycles. The lowest BCUT2D eigenvalue weighted by atomic mass is 10.00. The van der Waals surface area contributed by atoms with Crippen LogP contribution in [0.4, 0.5) is 10.5 Å². The lowest BCUT2D eigenvalue weighted by molar-refractivity contribution is 0.249. The molecule has 0 aromatic heterocycles. The molecule has 0 radical (unpaired) electrons. The largest absolute Gasteiger partial charge is 0.457 e. The van der Waals surface area contributed by atoms with Gasteiger partial charge in [-0.1, -0.05) is 42.5 Å². The van der Waals surface area contributed by atoms with Crippen LogP contribution in [0.3, 0.4) is 0 Å². The van der Waals surface area contributed by atoms with E-state index in [-0.39, 0.29) is 12.1 Å². The summed E-state index contributed by atoms with van der Waals surface area (Å²) in [5.41, 5.74) is 2.31. The van der Waals surface area contributed by atoms with Gasteiger partial charge in [0.15, 0.2) is 0 Å². The van der Waals surface area contributed by atoms with Gasteiger partial charge in [0.25, 0.3) is 0 Å². The zero-order valence-electron chi connectivity index (χ0n) is 17.0. The number of fused-ring (bicyclic) bond motifs is 1. The molecule has 0 heterocycles. The number of benzene rings is 4. The highest BCUT2D eigenvalue weighted by molar-refractivity contribution is 5.91. The minimum Gasteiger partial charge on any atom is -0.457 e. The fourth-order valence-electron chi connectivity index (χ4n) is 3.41. The number of rotatable bonds is 5. The predicted octanol–water partition coefficient (Wildman–Crippen LogP) is 6.39. The van der Waals surface area contributed by atoms with Crippen molar-refractivity contribution in [2.75, 3.05) is 5.32 Å². The number of amides is 2.